The summed E-state index contributed by atoms with van der Waals surface area (Å²) >= 11 is 2.32. The number of methoxy groups -OCH3 is 2. The number of ether oxygens (including phenoxy) is 3. The molecule has 0 saturated heterocycles. The van der Waals surface area contributed by atoms with E-state index in [1.165, 1.54) is 14.2 Å². The highest BCUT2D eigenvalue weighted by Crippen LogP contribution is 2.68. The Morgan fingerprint density at radius 3 is 2.46 bits per heavy atom. The molecule has 1 aliphatic rings. The molecule has 0 spiro atoms. The Labute approximate surface area is 168 Å². The molecule has 0 saturated carbocycles. The molecule has 1 aromatic carbocycles. The summed E-state index contributed by atoms with van der Waals surface area (Å²) in [6.45, 7) is 2.36. The lowest BCUT2D eigenvalue weighted by atomic mass is 10.0. The summed E-state index contributed by atoms with van der Waals surface area (Å²) in [5, 5.41) is 0. The van der Waals surface area contributed by atoms with Crippen molar-refractivity contribution in [2.24, 2.45) is 0 Å². The number of carbonyl (C=O) groups excluding carboxylic acids is 2. The second-order valence-electron chi connectivity index (χ2n) is 5.04. The highest BCUT2D eigenvalue weighted by Gasteiger charge is 2.35. The van der Waals surface area contributed by atoms with Gasteiger partial charge in [0.1, 0.15) is 5.75 Å². The van der Waals surface area contributed by atoms with Crippen LogP contribution in [-0.4, -0.2) is 45.6 Å². The van der Waals surface area contributed by atoms with Gasteiger partial charge in [-0.25, -0.2) is 4.79 Å². The number of hydrogen-bond donors (Lipinski definition) is 0. The molecule has 1 aliphatic heterocycles. The molecule has 0 N–H and O–H groups in total. The normalized spacial score (nSPS) is 20.0. The predicted octanol–water partition coefficient (Wildman–Crippen LogP) is 3.69. The van der Waals surface area contributed by atoms with Gasteiger partial charge < -0.3 is 18.4 Å². The molecule has 8 heteroatoms. The van der Waals surface area contributed by atoms with E-state index < -0.39 is 13.4 Å². The van der Waals surface area contributed by atoms with Gasteiger partial charge in [-0.2, -0.15) is 0 Å². The Balaban J connectivity index is 0.000000487. The van der Waals surface area contributed by atoms with Gasteiger partial charge in [0.15, 0.2) is 0 Å². The van der Waals surface area contributed by atoms with Gasteiger partial charge in [-0.15, -0.1) is 12.3 Å². The maximum atomic E-state index is 11.9. The van der Waals surface area contributed by atoms with E-state index in [1.807, 2.05) is 0 Å². The van der Waals surface area contributed by atoms with Crippen molar-refractivity contribution in [1.82, 2.24) is 0 Å². The van der Waals surface area contributed by atoms with Gasteiger partial charge in [-0.1, -0.05) is 6.92 Å². The minimum Gasteiger partial charge on any atom is -0.491 e. The molecule has 0 aromatic heterocycles. The summed E-state index contributed by atoms with van der Waals surface area (Å²) in [6.07, 6.45) is 6.27. The Kier molecular flexibility index (Phi) is 9.25. The van der Waals surface area contributed by atoms with Crippen LogP contribution >= 0.6 is 28.7 Å². The van der Waals surface area contributed by atoms with Crippen molar-refractivity contribution in [3.63, 3.8) is 0 Å². The van der Waals surface area contributed by atoms with Gasteiger partial charge in [-0.05, 0) is 25.2 Å². The van der Waals surface area contributed by atoms with Crippen molar-refractivity contribution in [2.45, 2.75) is 24.7 Å². The lowest BCUT2D eigenvalue weighted by Crippen LogP contribution is -2.20. The Morgan fingerprint density at radius 1 is 1.31 bits per heavy atom. The lowest BCUT2D eigenvalue weighted by molar-refractivity contribution is -0.140. The number of terminal acetylenes is 1. The molecule has 1 unspecified atom stereocenters. The van der Waals surface area contributed by atoms with Crippen molar-refractivity contribution in [3.05, 3.63) is 23.3 Å². The molecule has 2 rings (SSSR count). The maximum Gasteiger partial charge on any atom is 0.338 e. The maximum absolute atomic E-state index is 11.9. The lowest BCUT2D eigenvalue weighted by Gasteiger charge is -2.38. The van der Waals surface area contributed by atoms with Crippen LogP contribution in [-0.2, 0) is 24.9 Å². The highest BCUT2D eigenvalue weighted by molar-refractivity contribution is 14.2. The molecular formula is C18H23IO6S. The van der Waals surface area contributed by atoms with E-state index in [0.717, 1.165) is 22.0 Å². The molecule has 0 amide bonds. The first-order valence-electron chi connectivity index (χ1n) is 7.81. The second-order valence-corrected chi connectivity index (χ2v) is 11.6. The van der Waals surface area contributed by atoms with Crippen LogP contribution in [0.3, 0.4) is 0 Å². The van der Waals surface area contributed by atoms with Gasteiger partial charge in [0.25, 0.3) is 0 Å². The summed E-state index contributed by atoms with van der Waals surface area (Å²) in [5.41, 5.74) is 1.27. The van der Waals surface area contributed by atoms with Crippen LogP contribution in [0.4, 0.5) is 0 Å². The number of hydrogen-bond acceptors (Lipinski definition) is 6. The van der Waals surface area contributed by atoms with Crippen LogP contribution in [0.25, 0.3) is 0 Å². The Morgan fingerprint density at radius 2 is 2.00 bits per heavy atom. The molecule has 144 valence electrons. The van der Waals surface area contributed by atoms with Crippen molar-refractivity contribution in [2.75, 3.05) is 33.7 Å². The molecular weight excluding hydrogens is 471 g/mol. The third-order valence-electron chi connectivity index (χ3n) is 3.60. The van der Waals surface area contributed by atoms with E-state index in [0.29, 0.717) is 25.0 Å². The average molecular weight is 494 g/mol. The fourth-order valence-electron chi connectivity index (χ4n) is 2.30. The first-order valence-corrected chi connectivity index (χ1v) is 12.1. The third kappa shape index (κ3) is 5.28. The zero-order valence-corrected chi connectivity index (χ0v) is 18.3. The summed E-state index contributed by atoms with van der Waals surface area (Å²) in [4.78, 5) is 22.8. The number of benzene rings is 1. The first-order chi connectivity index (χ1) is 12.4. The minimum absolute atomic E-state index is 0.157. The number of esters is 2. The average Bonchev–Trinajstić information content (AvgIpc) is 2.67. The van der Waals surface area contributed by atoms with Gasteiger partial charge in [0.05, 0.1) is 31.3 Å². The van der Waals surface area contributed by atoms with Crippen LogP contribution in [0.2, 0.25) is 0 Å². The van der Waals surface area contributed by atoms with Crippen LogP contribution in [0.1, 0.15) is 29.3 Å². The van der Waals surface area contributed by atoms with Gasteiger partial charge in [0, 0.05) is 46.9 Å². The van der Waals surface area contributed by atoms with Crippen molar-refractivity contribution >= 4 is 40.6 Å². The van der Waals surface area contributed by atoms with Crippen LogP contribution in [0.5, 0.6) is 5.75 Å². The monoisotopic (exact) mass is 494 g/mol. The Bertz CT molecular complexity index is 694. The summed E-state index contributed by atoms with van der Waals surface area (Å²) in [5.74, 6) is 3.59. The van der Waals surface area contributed by atoms with E-state index in [9.17, 15) is 9.59 Å². The van der Waals surface area contributed by atoms with E-state index in [4.69, 9.17) is 20.1 Å². The third-order valence-corrected chi connectivity index (χ3v) is 9.60. The van der Waals surface area contributed by atoms with E-state index >= 15 is 0 Å². The first kappa shape index (κ1) is 22.6. The van der Waals surface area contributed by atoms with Crippen LogP contribution < -0.4 is 4.74 Å². The standard InChI is InChI=1S/C14H15IO4S.C4H8O2/c1-4-5-10-11(14(16)17-2)6-7-12-13(10)20(15,18-3)9-8-19-12;1-3-4(5)6-2/h1,6-7H,5,8-9H2,2-3H3;3H2,1-2H3. The quantitative estimate of drug-likeness (QED) is 0.362. The van der Waals surface area contributed by atoms with Gasteiger partial charge in [-0.3, -0.25) is 4.79 Å². The fraction of sp³-hybridized carbons (Fsp3) is 0.444. The summed E-state index contributed by atoms with van der Waals surface area (Å²) in [6, 6.07) is 3.50. The smallest absolute Gasteiger partial charge is 0.338 e. The highest BCUT2D eigenvalue weighted by atomic mass is 127. The second kappa shape index (κ2) is 10.6. The largest absolute Gasteiger partial charge is 0.491 e. The van der Waals surface area contributed by atoms with Gasteiger partial charge >= 0.3 is 11.9 Å². The molecule has 0 fully saturated rings. The molecule has 26 heavy (non-hydrogen) atoms. The number of halogens is 1. The number of fused-ring (bicyclic) bond motifs is 1. The molecule has 1 heterocycles. The molecule has 0 bridgehead atoms. The molecule has 0 radical (unpaired) electrons. The van der Waals surface area contributed by atoms with Crippen molar-refractivity contribution in [3.8, 4) is 18.1 Å². The fourth-order valence-corrected chi connectivity index (χ4v) is 6.11. The topological polar surface area (TPSA) is 71.1 Å². The minimum atomic E-state index is -1.51. The van der Waals surface area contributed by atoms with Gasteiger partial charge in [0.2, 0.25) is 0 Å². The zero-order chi connectivity index (χ0) is 19.7. The number of carbonyl (C=O) groups is 2. The van der Waals surface area contributed by atoms with Crippen molar-refractivity contribution in [1.29, 1.82) is 0 Å². The van der Waals surface area contributed by atoms with E-state index in [2.05, 4.69) is 31.9 Å². The van der Waals surface area contributed by atoms with Crippen LogP contribution in [0, 0.1) is 12.3 Å². The summed E-state index contributed by atoms with van der Waals surface area (Å²) < 4.78 is 20.5. The molecule has 0 aliphatic carbocycles. The molecule has 1 aromatic rings. The van der Waals surface area contributed by atoms with E-state index in [-0.39, 0.29) is 5.97 Å². The van der Waals surface area contributed by atoms with Crippen molar-refractivity contribution < 1.29 is 28.0 Å². The molecule has 1 atom stereocenters. The SMILES string of the molecule is C#CCc1c(C(=O)OC)ccc2c1S(I)(OC)CCO2.CCC(=O)OC. The predicted molar refractivity (Wildman–Crippen MR) is 110 cm³/mol. The zero-order valence-electron chi connectivity index (χ0n) is 15.3. The number of rotatable bonds is 4. The Hall–Kier alpha value is -1.44. The molecule has 6 nitrogen and oxygen atoms in total. The van der Waals surface area contributed by atoms with E-state index in [1.54, 1.807) is 26.2 Å². The van der Waals surface area contributed by atoms with Crippen LogP contribution in [0.15, 0.2) is 17.0 Å². The summed E-state index contributed by atoms with van der Waals surface area (Å²) in [7, 11) is 2.91.